The third kappa shape index (κ3) is 18.3. The van der Waals surface area contributed by atoms with E-state index >= 15 is 0 Å². The van der Waals surface area contributed by atoms with Gasteiger partial charge in [-0.05, 0) is 39.0 Å². The maximum atomic E-state index is 11.8. The highest BCUT2D eigenvalue weighted by atomic mass is 16.5. The molecule has 10 nitrogen and oxygen atoms in total. The van der Waals surface area contributed by atoms with Crippen LogP contribution in [0, 0.1) is 0 Å². The number of hydrogen-bond donors (Lipinski definition) is 4. The molecule has 0 bridgehead atoms. The van der Waals surface area contributed by atoms with Crippen molar-refractivity contribution in [3.63, 3.8) is 0 Å². The van der Waals surface area contributed by atoms with Crippen LogP contribution in [-0.4, -0.2) is 69.7 Å². The third-order valence-electron chi connectivity index (χ3n) is 4.57. The van der Waals surface area contributed by atoms with Gasteiger partial charge in [0.1, 0.15) is 12.6 Å². The number of carbonyl (C=O) groups is 4. The Morgan fingerprint density at radius 3 is 2.10 bits per heavy atom. The van der Waals surface area contributed by atoms with Gasteiger partial charge >= 0.3 is 0 Å². The van der Waals surface area contributed by atoms with E-state index in [2.05, 4.69) is 16.0 Å². The molecule has 0 unspecified atom stereocenters. The van der Waals surface area contributed by atoms with Gasteiger partial charge in [0.05, 0.1) is 13.2 Å². The predicted molar refractivity (Wildman–Crippen MR) is 117 cm³/mol. The van der Waals surface area contributed by atoms with Crippen LogP contribution in [0.15, 0.2) is 0 Å². The Morgan fingerprint density at radius 1 is 0.839 bits per heavy atom. The van der Waals surface area contributed by atoms with E-state index in [1.54, 1.807) is 7.05 Å². The summed E-state index contributed by atoms with van der Waals surface area (Å²) in [6.45, 7) is 3.52. The Morgan fingerprint density at radius 2 is 1.48 bits per heavy atom. The normalized spacial score (nSPS) is 11.5. The van der Waals surface area contributed by atoms with E-state index in [4.69, 9.17) is 15.2 Å². The monoisotopic (exact) mass is 444 g/mol. The second-order valence-corrected chi connectivity index (χ2v) is 7.21. The second kappa shape index (κ2) is 19.7. The Hall–Kier alpha value is -2.20. The number of rotatable bonds is 20. The van der Waals surface area contributed by atoms with Crippen molar-refractivity contribution in [2.75, 3.05) is 40.0 Å². The number of amides is 4. The fraction of sp³-hybridized carbons (Fsp3) is 0.810. The molecule has 0 rings (SSSR count). The fourth-order valence-electron chi connectivity index (χ4n) is 2.79. The molecule has 10 heteroatoms. The average molecular weight is 445 g/mol. The lowest BCUT2D eigenvalue weighted by Gasteiger charge is -2.15. The van der Waals surface area contributed by atoms with E-state index in [-0.39, 0.29) is 18.4 Å². The van der Waals surface area contributed by atoms with Crippen molar-refractivity contribution in [1.82, 2.24) is 16.0 Å². The minimum atomic E-state index is -0.756. The minimum Gasteiger partial charge on any atom is -0.379 e. The van der Waals surface area contributed by atoms with Crippen molar-refractivity contribution in [1.29, 1.82) is 0 Å². The SMILES string of the molecule is CCOCCOCC(=O)N[C@@H](CCCCNC(=O)CCCCCCC(=O)NC)C(N)=O. The number of nitrogens with two attached hydrogens (primary N) is 1. The quantitative estimate of drug-likeness (QED) is 0.200. The van der Waals surface area contributed by atoms with Gasteiger partial charge in [-0.2, -0.15) is 0 Å². The molecule has 180 valence electrons. The van der Waals surface area contributed by atoms with Crippen LogP contribution >= 0.6 is 0 Å². The largest absolute Gasteiger partial charge is 0.379 e. The predicted octanol–water partition coefficient (Wildman–Crippen LogP) is 0.383. The first kappa shape index (κ1) is 28.8. The van der Waals surface area contributed by atoms with Crippen LogP contribution in [0.3, 0.4) is 0 Å². The maximum absolute atomic E-state index is 11.8. The number of ether oxygens (including phenoxy) is 2. The third-order valence-corrected chi connectivity index (χ3v) is 4.57. The van der Waals surface area contributed by atoms with Crippen molar-refractivity contribution < 1.29 is 28.7 Å². The van der Waals surface area contributed by atoms with Crippen molar-refractivity contribution >= 4 is 23.6 Å². The summed E-state index contributed by atoms with van der Waals surface area (Å²) in [4.78, 5) is 46.3. The van der Waals surface area contributed by atoms with Gasteiger partial charge in [-0.1, -0.05) is 12.8 Å². The maximum Gasteiger partial charge on any atom is 0.246 e. The molecule has 0 heterocycles. The Kier molecular flexibility index (Phi) is 18.3. The fourth-order valence-corrected chi connectivity index (χ4v) is 2.79. The molecule has 0 saturated heterocycles. The molecule has 4 amide bonds. The second-order valence-electron chi connectivity index (χ2n) is 7.21. The zero-order valence-electron chi connectivity index (χ0n) is 19.0. The van der Waals surface area contributed by atoms with Crippen LogP contribution in [0.4, 0.5) is 0 Å². The molecule has 0 aliphatic rings. The molecule has 0 spiro atoms. The molecule has 0 fully saturated rings. The van der Waals surface area contributed by atoms with Crippen molar-refractivity contribution in [3.05, 3.63) is 0 Å². The van der Waals surface area contributed by atoms with Gasteiger partial charge in [0.15, 0.2) is 0 Å². The summed E-state index contributed by atoms with van der Waals surface area (Å²) >= 11 is 0. The first-order valence-electron chi connectivity index (χ1n) is 11.1. The van der Waals surface area contributed by atoms with E-state index in [1.165, 1.54) is 0 Å². The number of unbranched alkanes of at least 4 members (excludes halogenated alkanes) is 4. The van der Waals surface area contributed by atoms with Gasteiger partial charge in [-0.3, -0.25) is 19.2 Å². The van der Waals surface area contributed by atoms with Gasteiger partial charge in [0.25, 0.3) is 0 Å². The molecule has 0 aliphatic heterocycles. The van der Waals surface area contributed by atoms with E-state index in [0.717, 1.165) is 25.7 Å². The molecular weight excluding hydrogens is 404 g/mol. The summed E-state index contributed by atoms with van der Waals surface area (Å²) in [6.07, 6.45) is 6.18. The molecule has 31 heavy (non-hydrogen) atoms. The summed E-state index contributed by atoms with van der Waals surface area (Å²) in [7, 11) is 1.62. The smallest absolute Gasteiger partial charge is 0.246 e. The van der Waals surface area contributed by atoms with Gasteiger partial charge < -0.3 is 31.2 Å². The molecule has 0 aromatic carbocycles. The molecule has 0 aliphatic carbocycles. The zero-order chi connectivity index (χ0) is 23.3. The van der Waals surface area contributed by atoms with Gasteiger partial charge in [0, 0.05) is 33.0 Å². The summed E-state index contributed by atoms with van der Waals surface area (Å²) in [6, 6.07) is -0.756. The molecule has 0 radical (unpaired) electrons. The van der Waals surface area contributed by atoms with Gasteiger partial charge in [-0.25, -0.2) is 0 Å². The first-order valence-corrected chi connectivity index (χ1v) is 11.1. The lowest BCUT2D eigenvalue weighted by molar-refractivity contribution is -0.130. The summed E-state index contributed by atoms with van der Waals surface area (Å²) < 4.78 is 10.3. The number of nitrogens with one attached hydrogen (secondary N) is 3. The van der Waals surface area contributed by atoms with E-state index in [1.807, 2.05) is 6.92 Å². The van der Waals surface area contributed by atoms with Crippen LogP contribution in [0.25, 0.3) is 0 Å². The van der Waals surface area contributed by atoms with Crippen LogP contribution in [0.1, 0.15) is 64.7 Å². The first-order chi connectivity index (χ1) is 14.9. The van der Waals surface area contributed by atoms with Crippen LogP contribution in [-0.2, 0) is 28.7 Å². The van der Waals surface area contributed by atoms with E-state index in [0.29, 0.717) is 58.5 Å². The average Bonchev–Trinajstić information content (AvgIpc) is 2.74. The lowest BCUT2D eigenvalue weighted by atomic mass is 10.1. The van der Waals surface area contributed by atoms with E-state index in [9.17, 15) is 19.2 Å². The van der Waals surface area contributed by atoms with Gasteiger partial charge in [0.2, 0.25) is 23.6 Å². The summed E-state index contributed by atoms with van der Waals surface area (Å²) in [5.74, 6) is -0.955. The standard InChI is InChI=1S/C21H40N4O6/c1-3-30-14-15-31-16-20(28)25-17(21(22)29)10-8-9-13-24-19(27)12-7-5-4-6-11-18(26)23-2/h17H,3-16H2,1-2H3,(H2,22,29)(H,23,26)(H,24,27)(H,25,28)/t17-/m0/s1. The molecule has 5 N–H and O–H groups in total. The van der Waals surface area contributed by atoms with Crippen molar-refractivity contribution in [2.24, 2.45) is 5.73 Å². The van der Waals surface area contributed by atoms with Crippen LogP contribution < -0.4 is 21.7 Å². The number of carbonyl (C=O) groups excluding carboxylic acids is 4. The summed E-state index contributed by atoms with van der Waals surface area (Å²) in [5, 5.41) is 8.01. The highest BCUT2D eigenvalue weighted by Gasteiger charge is 2.17. The number of hydrogen-bond acceptors (Lipinski definition) is 6. The highest BCUT2D eigenvalue weighted by molar-refractivity contribution is 5.87. The summed E-state index contributed by atoms with van der Waals surface area (Å²) in [5.41, 5.74) is 5.35. The minimum absolute atomic E-state index is 0.00439. The van der Waals surface area contributed by atoms with Crippen molar-refractivity contribution in [3.8, 4) is 0 Å². The zero-order valence-corrected chi connectivity index (χ0v) is 19.0. The van der Waals surface area contributed by atoms with Crippen LogP contribution in [0.5, 0.6) is 0 Å². The molecule has 0 aromatic rings. The Labute approximate surface area is 185 Å². The van der Waals surface area contributed by atoms with E-state index < -0.39 is 17.9 Å². The molecule has 0 aromatic heterocycles. The topological polar surface area (TPSA) is 149 Å². The highest BCUT2D eigenvalue weighted by Crippen LogP contribution is 2.06. The molecular formula is C21H40N4O6. The van der Waals surface area contributed by atoms with Crippen molar-refractivity contribution in [2.45, 2.75) is 70.8 Å². The molecule has 1 atom stereocenters. The van der Waals surface area contributed by atoms with Gasteiger partial charge in [-0.15, -0.1) is 0 Å². The Bertz CT molecular complexity index is 530. The number of primary amides is 1. The molecule has 0 saturated carbocycles. The Balaban J connectivity index is 3.77. The lowest BCUT2D eigenvalue weighted by Crippen LogP contribution is -2.45. The van der Waals surface area contributed by atoms with Crippen LogP contribution in [0.2, 0.25) is 0 Å².